The summed E-state index contributed by atoms with van der Waals surface area (Å²) in [5, 5.41) is 2.76. The highest BCUT2D eigenvalue weighted by Gasteiger charge is 2.10. The Bertz CT molecular complexity index is 448. The zero-order chi connectivity index (χ0) is 13.0. The van der Waals surface area contributed by atoms with Crippen LogP contribution in [0, 0.1) is 5.82 Å². The number of amides is 2. The summed E-state index contributed by atoms with van der Waals surface area (Å²) in [4.78, 5) is 21.6. The number of primary amides is 2. The first-order chi connectivity index (χ1) is 7.91. The van der Waals surface area contributed by atoms with E-state index in [1.54, 1.807) is 6.92 Å². The lowest BCUT2D eigenvalue weighted by atomic mass is 10.1. The van der Waals surface area contributed by atoms with Crippen LogP contribution < -0.4 is 16.8 Å². The summed E-state index contributed by atoms with van der Waals surface area (Å²) in [6.07, 6.45) is 0. The van der Waals surface area contributed by atoms with Crippen LogP contribution in [0.2, 0.25) is 0 Å². The molecule has 6 heteroatoms. The van der Waals surface area contributed by atoms with Crippen LogP contribution in [0.3, 0.4) is 0 Å². The Hall–Kier alpha value is -1.95. The van der Waals surface area contributed by atoms with E-state index < -0.39 is 23.7 Å². The lowest BCUT2D eigenvalue weighted by Gasteiger charge is -2.10. The Morgan fingerprint density at radius 3 is 2.53 bits per heavy atom. The first-order valence-electron chi connectivity index (χ1n) is 5.02. The predicted molar refractivity (Wildman–Crippen MR) is 60.4 cm³/mol. The molecule has 2 amide bonds. The van der Waals surface area contributed by atoms with Crippen LogP contribution in [0.1, 0.15) is 22.8 Å². The first kappa shape index (κ1) is 13.1. The molecule has 1 aromatic carbocycles. The summed E-state index contributed by atoms with van der Waals surface area (Å²) in [5.74, 6) is -1.75. The minimum Gasteiger partial charge on any atom is -0.368 e. The molecule has 17 heavy (non-hydrogen) atoms. The van der Waals surface area contributed by atoms with Gasteiger partial charge in [-0.1, -0.05) is 6.07 Å². The van der Waals surface area contributed by atoms with E-state index in [1.807, 2.05) is 0 Å². The summed E-state index contributed by atoms with van der Waals surface area (Å²) >= 11 is 0. The molecule has 0 aliphatic heterocycles. The number of nitrogens with one attached hydrogen (secondary N) is 1. The molecule has 0 aliphatic rings. The van der Waals surface area contributed by atoms with Crippen molar-refractivity contribution < 1.29 is 14.0 Å². The molecule has 0 saturated carbocycles. The average Bonchev–Trinajstić information content (AvgIpc) is 2.26. The molecule has 0 radical (unpaired) electrons. The van der Waals surface area contributed by atoms with Gasteiger partial charge in [-0.25, -0.2) is 4.39 Å². The van der Waals surface area contributed by atoms with E-state index in [9.17, 15) is 14.0 Å². The van der Waals surface area contributed by atoms with Crippen molar-refractivity contribution in [2.45, 2.75) is 19.5 Å². The van der Waals surface area contributed by atoms with Crippen LogP contribution in [-0.2, 0) is 11.3 Å². The molecule has 0 bridgehead atoms. The predicted octanol–water partition coefficient (Wildman–Crippen LogP) is -0.112. The van der Waals surface area contributed by atoms with Gasteiger partial charge in [0.05, 0.1) is 6.04 Å². The topological polar surface area (TPSA) is 98.2 Å². The number of hydrogen-bond donors (Lipinski definition) is 3. The van der Waals surface area contributed by atoms with Crippen molar-refractivity contribution in [1.82, 2.24) is 5.32 Å². The van der Waals surface area contributed by atoms with Gasteiger partial charge in [0, 0.05) is 17.7 Å². The molecule has 1 unspecified atom stereocenters. The van der Waals surface area contributed by atoms with Crippen molar-refractivity contribution in [3.05, 3.63) is 35.1 Å². The molecular weight excluding hydrogens is 225 g/mol. The number of nitrogens with two attached hydrogens (primary N) is 2. The second-order valence-electron chi connectivity index (χ2n) is 3.68. The zero-order valence-electron chi connectivity index (χ0n) is 9.37. The van der Waals surface area contributed by atoms with Gasteiger partial charge in [-0.2, -0.15) is 0 Å². The van der Waals surface area contributed by atoms with Crippen molar-refractivity contribution in [1.29, 1.82) is 0 Å². The third-order valence-electron chi connectivity index (χ3n) is 2.36. The molecule has 1 aromatic rings. The normalized spacial score (nSPS) is 12.1. The van der Waals surface area contributed by atoms with Crippen LogP contribution >= 0.6 is 0 Å². The second-order valence-corrected chi connectivity index (χ2v) is 3.68. The second kappa shape index (κ2) is 5.40. The van der Waals surface area contributed by atoms with Crippen molar-refractivity contribution in [2.75, 3.05) is 0 Å². The van der Waals surface area contributed by atoms with Crippen molar-refractivity contribution in [3.63, 3.8) is 0 Å². The van der Waals surface area contributed by atoms with Crippen LogP contribution in [0.15, 0.2) is 18.2 Å². The quantitative estimate of drug-likeness (QED) is 0.668. The third kappa shape index (κ3) is 3.53. The zero-order valence-corrected chi connectivity index (χ0v) is 9.37. The van der Waals surface area contributed by atoms with E-state index in [2.05, 4.69) is 5.32 Å². The summed E-state index contributed by atoms with van der Waals surface area (Å²) in [6.45, 7) is 1.73. The Morgan fingerprint density at radius 1 is 1.41 bits per heavy atom. The molecule has 0 fully saturated rings. The lowest BCUT2D eigenvalue weighted by Crippen LogP contribution is -2.38. The minimum absolute atomic E-state index is 0.106. The summed E-state index contributed by atoms with van der Waals surface area (Å²) in [5.41, 5.74) is 10.5. The highest BCUT2D eigenvalue weighted by Crippen LogP contribution is 2.10. The molecule has 0 spiro atoms. The van der Waals surface area contributed by atoms with Gasteiger partial charge < -0.3 is 16.8 Å². The molecule has 0 saturated heterocycles. The fourth-order valence-corrected chi connectivity index (χ4v) is 1.21. The largest absolute Gasteiger partial charge is 0.368 e. The third-order valence-corrected chi connectivity index (χ3v) is 2.36. The summed E-state index contributed by atoms with van der Waals surface area (Å²) in [6, 6.07) is 3.38. The highest BCUT2D eigenvalue weighted by atomic mass is 19.1. The molecule has 5 nitrogen and oxygen atoms in total. The van der Waals surface area contributed by atoms with Gasteiger partial charge in [0.1, 0.15) is 5.82 Å². The van der Waals surface area contributed by atoms with Crippen molar-refractivity contribution in [2.24, 2.45) is 11.5 Å². The van der Waals surface area contributed by atoms with E-state index in [4.69, 9.17) is 11.5 Å². The van der Waals surface area contributed by atoms with Gasteiger partial charge in [0.25, 0.3) is 0 Å². The van der Waals surface area contributed by atoms with Crippen molar-refractivity contribution >= 4 is 11.8 Å². The van der Waals surface area contributed by atoms with Gasteiger partial charge in [0.2, 0.25) is 11.8 Å². The highest BCUT2D eigenvalue weighted by molar-refractivity contribution is 5.92. The van der Waals surface area contributed by atoms with E-state index in [-0.39, 0.29) is 12.1 Å². The Balaban J connectivity index is 2.73. The maximum Gasteiger partial charge on any atom is 0.248 e. The fourth-order valence-electron chi connectivity index (χ4n) is 1.21. The lowest BCUT2D eigenvalue weighted by molar-refractivity contribution is -0.119. The van der Waals surface area contributed by atoms with Crippen molar-refractivity contribution in [3.8, 4) is 0 Å². The monoisotopic (exact) mass is 239 g/mol. The van der Waals surface area contributed by atoms with Gasteiger partial charge in [0.15, 0.2) is 0 Å². The minimum atomic E-state index is -0.686. The van der Waals surface area contributed by atoms with E-state index in [0.717, 1.165) is 6.07 Å². The maximum absolute atomic E-state index is 13.5. The molecule has 1 atom stereocenters. The smallest absolute Gasteiger partial charge is 0.248 e. The molecule has 1 rings (SSSR count). The van der Waals surface area contributed by atoms with Crippen LogP contribution in [0.5, 0.6) is 0 Å². The Labute approximate surface area is 98.0 Å². The average molecular weight is 239 g/mol. The van der Waals surface area contributed by atoms with Gasteiger partial charge >= 0.3 is 0 Å². The Kier molecular flexibility index (Phi) is 4.17. The molecule has 0 aliphatic carbocycles. The number of carbonyl (C=O) groups is 2. The van der Waals surface area contributed by atoms with Gasteiger partial charge in [-0.15, -0.1) is 0 Å². The van der Waals surface area contributed by atoms with Crippen LogP contribution in [0.4, 0.5) is 4.39 Å². The first-order valence-corrected chi connectivity index (χ1v) is 5.02. The molecule has 0 aromatic heterocycles. The van der Waals surface area contributed by atoms with E-state index in [1.165, 1.54) is 12.1 Å². The molecule has 5 N–H and O–H groups in total. The number of halogens is 1. The number of carbonyl (C=O) groups excluding carboxylic acids is 2. The number of rotatable bonds is 5. The molecule has 92 valence electrons. The van der Waals surface area contributed by atoms with E-state index >= 15 is 0 Å². The van der Waals surface area contributed by atoms with E-state index in [0.29, 0.717) is 5.56 Å². The maximum atomic E-state index is 13.5. The van der Waals surface area contributed by atoms with Crippen LogP contribution in [-0.4, -0.2) is 17.9 Å². The standard InChI is InChI=1S/C11H14FN3O2/c1-6(10(13)16)15-5-8-3-2-7(11(14)17)4-9(8)12/h2-4,6,15H,5H2,1H3,(H2,13,16)(H2,14,17). The van der Waals surface area contributed by atoms with Crippen LogP contribution in [0.25, 0.3) is 0 Å². The SMILES string of the molecule is CC(NCc1ccc(C(N)=O)cc1F)C(N)=O. The summed E-state index contributed by atoms with van der Waals surface area (Å²) < 4.78 is 13.5. The van der Waals surface area contributed by atoms with Gasteiger partial charge in [-0.3, -0.25) is 9.59 Å². The van der Waals surface area contributed by atoms with Gasteiger partial charge in [-0.05, 0) is 19.1 Å². The molecule has 0 heterocycles. The molecular formula is C11H14FN3O2. The Morgan fingerprint density at radius 2 is 2.06 bits per heavy atom. The number of hydrogen-bond acceptors (Lipinski definition) is 3. The summed E-state index contributed by atoms with van der Waals surface area (Å²) in [7, 11) is 0. The number of benzene rings is 1. The fraction of sp³-hybridized carbons (Fsp3) is 0.273.